The molecular formula is C33H50NO10-3. The molecule has 5 fully saturated rings. The average Bonchev–Trinajstić information content (AvgIpc) is 3.25. The number of hydrogen-bond donors (Lipinski definition) is 2. The number of rotatable bonds is 7. The quantitative estimate of drug-likeness (QED) is 0.371. The molecule has 0 aromatic carbocycles. The molecule has 0 unspecified atom stereocenters. The fraction of sp³-hybridized carbons (Fsp3) is 0.879. The van der Waals surface area contributed by atoms with Gasteiger partial charge in [0.15, 0.2) is 0 Å². The zero-order chi connectivity index (χ0) is 32.8. The van der Waals surface area contributed by atoms with E-state index in [0.29, 0.717) is 23.0 Å². The number of nitrogens with zero attached hydrogens (tertiary/aromatic N) is 1. The molecule has 2 N–H and O–H groups in total. The lowest BCUT2D eigenvalue weighted by Crippen LogP contribution is -2.62. The van der Waals surface area contributed by atoms with Crippen molar-refractivity contribution < 1.29 is 49.4 Å². The third-order valence-electron chi connectivity index (χ3n) is 12.4. The van der Waals surface area contributed by atoms with Crippen LogP contribution in [0.2, 0.25) is 0 Å². The van der Waals surface area contributed by atoms with E-state index in [9.17, 15) is 39.6 Å². The van der Waals surface area contributed by atoms with E-state index >= 15 is 0 Å². The van der Waals surface area contributed by atoms with E-state index in [-0.39, 0.29) is 23.2 Å². The number of Topliss-reactive ketones (excluding diaryl/α,β-unsaturated/α-hetero) is 1. The Bertz CT molecular complexity index is 1110. The second-order valence-electron chi connectivity index (χ2n) is 15.5. The fourth-order valence-corrected chi connectivity index (χ4v) is 10.3. The molecule has 1 saturated heterocycles. The highest BCUT2D eigenvalue weighted by atomic mass is 16.5. The first-order valence-electron chi connectivity index (χ1n) is 16.2. The summed E-state index contributed by atoms with van der Waals surface area (Å²) >= 11 is 0. The first kappa shape index (κ1) is 34.8. The highest BCUT2D eigenvalue weighted by Gasteiger charge is 2.62. The summed E-state index contributed by atoms with van der Waals surface area (Å²) < 4.78 is 5.98. The molecule has 4 saturated carbocycles. The van der Waals surface area contributed by atoms with Crippen molar-refractivity contribution in [3.63, 3.8) is 0 Å². The Morgan fingerprint density at radius 3 is 2.07 bits per heavy atom. The molecule has 4 aliphatic carbocycles. The van der Waals surface area contributed by atoms with Crippen LogP contribution in [-0.2, 0) is 23.9 Å². The van der Waals surface area contributed by atoms with Crippen LogP contribution in [0.3, 0.4) is 0 Å². The molecule has 0 aromatic heterocycles. The third kappa shape index (κ3) is 6.71. The summed E-state index contributed by atoms with van der Waals surface area (Å²) in [6.45, 7) is 13.9. The van der Waals surface area contributed by atoms with Gasteiger partial charge in [-0.2, -0.15) is 0 Å². The fourth-order valence-electron chi connectivity index (χ4n) is 10.3. The number of aliphatic hydroxyl groups excluding tert-OH is 1. The van der Waals surface area contributed by atoms with Crippen LogP contribution in [0.1, 0.15) is 98.8 Å². The first-order chi connectivity index (χ1) is 20.3. The van der Waals surface area contributed by atoms with Crippen LogP contribution in [-0.4, -0.2) is 81.8 Å². The normalized spacial score (nSPS) is 39.9. The van der Waals surface area contributed by atoms with E-state index in [1.807, 2.05) is 6.92 Å². The third-order valence-corrected chi connectivity index (χ3v) is 12.4. The lowest BCUT2D eigenvalue weighted by molar-refractivity contribution is -0.339. The lowest BCUT2D eigenvalue weighted by atomic mass is 9.44. The summed E-state index contributed by atoms with van der Waals surface area (Å²) in [6.07, 6.45) is 6.66. The van der Waals surface area contributed by atoms with Crippen LogP contribution in [0.25, 0.3) is 0 Å². The molecule has 0 bridgehead atoms. The Morgan fingerprint density at radius 2 is 1.52 bits per heavy atom. The number of carbonyl (C=O) groups excluding carboxylic acids is 4. The number of morpholine rings is 1. The van der Waals surface area contributed by atoms with Gasteiger partial charge in [-0.25, -0.2) is 0 Å². The number of carbonyl (C=O) groups is 4. The van der Waals surface area contributed by atoms with Crippen LogP contribution in [0.4, 0.5) is 0 Å². The predicted molar refractivity (Wildman–Crippen MR) is 152 cm³/mol. The van der Waals surface area contributed by atoms with Crippen molar-refractivity contribution >= 4 is 23.7 Å². The first-order valence-corrected chi connectivity index (χ1v) is 16.2. The van der Waals surface area contributed by atoms with Gasteiger partial charge in [0, 0.05) is 49.8 Å². The van der Waals surface area contributed by atoms with Crippen LogP contribution < -0.4 is 15.3 Å². The molecule has 1 aliphatic heterocycles. The summed E-state index contributed by atoms with van der Waals surface area (Å²) in [5.41, 5.74) is -2.54. The van der Waals surface area contributed by atoms with E-state index in [1.54, 1.807) is 0 Å². The standard InChI is InChI=1S/C27H45NO3.C6H8O7/c1-17(29)20-8-9-21-19-7-6-18-14-24(30)23(28-12-13-31-25(2,3)16-28)15-27(18,5)22(19)10-11-26(20,21)4;7-3(8)1-6(13,5(11)12)2-4(9)10/h18-24,30H,6-16H2,1-5H3;13H,1-2H2,(H,7,8)(H,9,10)(H,11,12)/p-3/t18-,19-,20+,21-,22-,23-,24-,26+,27-;/m0./s1. The lowest BCUT2D eigenvalue weighted by Gasteiger charge is -2.63. The van der Waals surface area contributed by atoms with Crippen LogP contribution >= 0.6 is 0 Å². The predicted octanol–water partition coefficient (Wildman–Crippen LogP) is -0.568. The molecule has 0 radical (unpaired) electrons. The number of hydrogen-bond acceptors (Lipinski definition) is 11. The number of aliphatic hydroxyl groups is 2. The maximum absolute atomic E-state index is 12.4. The molecule has 250 valence electrons. The average molecular weight is 621 g/mol. The zero-order valence-corrected chi connectivity index (χ0v) is 26.8. The molecule has 0 aromatic rings. The number of carboxylic acids is 3. The molecule has 1 heterocycles. The molecular weight excluding hydrogens is 570 g/mol. The number of ketones is 1. The largest absolute Gasteiger partial charge is 0.550 e. The summed E-state index contributed by atoms with van der Waals surface area (Å²) in [7, 11) is 0. The zero-order valence-electron chi connectivity index (χ0n) is 26.8. The van der Waals surface area contributed by atoms with Crippen molar-refractivity contribution in [3.05, 3.63) is 0 Å². The summed E-state index contributed by atoms with van der Waals surface area (Å²) in [5, 5.41) is 50.1. The van der Waals surface area contributed by atoms with Crippen molar-refractivity contribution in [2.45, 2.75) is 122 Å². The van der Waals surface area contributed by atoms with Crippen molar-refractivity contribution in [3.8, 4) is 0 Å². The molecule has 5 aliphatic rings. The number of aliphatic carboxylic acids is 3. The molecule has 11 heteroatoms. The monoisotopic (exact) mass is 620 g/mol. The smallest absolute Gasteiger partial charge is 0.133 e. The van der Waals surface area contributed by atoms with E-state index in [1.165, 1.54) is 32.1 Å². The summed E-state index contributed by atoms with van der Waals surface area (Å²) in [4.78, 5) is 45.0. The molecule has 11 nitrogen and oxygen atoms in total. The van der Waals surface area contributed by atoms with Gasteiger partial charge >= 0.3 is 0 Å². The van der Waals surface area contributed by atoms with Crippen molar-refractivity contribution in [2.24, 2.45) is 40.4 Å². The molecule has 44 heavy (non-hydrogen) atoms. The van der Waals surface area contributed by atoms with Gasteiger partial charge in [0.05, 0.1) is 24.3 Å². The van der Waals surface area contributed by atoms with Gasteiger partial charge in [-0.3, -0.25) is 9.69 Å². The van der Waals surface area contributed by atoms with Gasteiger partial charge in [-0.1, -0.05) is 13.8 Å². The Morgan fingerprint density at radius 1 is 0.909 bits per heavy atom. The number of carboxylic acid groups (broad SMARTS) is 3. The highest BCUT2D eigenvalue weighted by Crippen LogP contribution is 2.67. The van der Waals surface area contributed by atoms with Crippen molar-refractivity contribution in [2.75, 3.05) is 19.7 Å². The summed E-state index contributed by atoms with van der Waals surface area (Å²) in [5.74, 6) is -2.34. The van der Waals surface area contributed by atoms with Crippen molar-refractivity contribution in [1.29, 1.82) is 0 Å². The van der Waals surface area contributed by atoms with Gasteiger partial charge in [0.1, 0.15) is 11.4 Å². The Hall–Kier alpha value is -2.08. The van der Waals surface area contributed by atoms with E-state index in [4.69, 9.17) is 9.84 Å². The minimum Gasteiger partial charge on any atom is -0.550 e. The highest BCUT2D eigenvalue weighted by molar-refractivity contribution is 5.86. The van der Waals surface area contributed by atoms with E-state index in [0.717, 1.165) is 56.7 Å². The Kier molecular flexibility index (Phi) is 9.97. The van der Waals surface area contributed by atoms with Gasteiger partial charge in [0.25, 0.3) is 0 Å². The minimum atomic E-state index is -2.97. The van der Waals surface area contributed by atoms with Crippen LogP contribution in [0.5, 0.6) is 0 Å². The number of ether oxygens (including phenoxy) is 1. The maximum Gasteiger partial charge on any atom is 0.133 e. The van der Waals surface area contributed by atoms with Gasteiger partial charge in [-0.05, 0) is 107 Å². The van der Waals surface area contributed by atoms with Crippen LogP contribution in [0, 0.1) is 40.4 Å². The Balaban J connectivity index is 0.000000289. The van der Waals surface area contributed by atoms with Crippen LogP contribution in [0.15, 0.2) is 0 Å². The molecule has 0 spiro atoms. The summed E-state index contributed by atoms with van der Waals surface area (Å²) in [6, 6.07) is 0.269. The molecule has 0 amide bonds. The number of fused-ring (bicyclic) bond motifs is 5. The second-order valence-corrected chi connectivity index (χ2v) is 15.5. The SMILES string of the molecule is CC(=O)[C@H]1CC[C@H]2[C@@H]3CC[C@H]4C[C@H](O)[C@@H](N5CCOC(C)(C)C5)C[C@]4(C)[C@H]3CC[C@]12C.O=C([O-])CC(O)(CC(=O)[O-])C(=O)[O-]. The minimum absolute atomic E-state index is 0.122. The van der Waals surface area contributed by atoms with Gasteiger partial charge in [0.2, 0.25) is 0 Å². The molecule has 5 rings (SSSR count). The van der Waals surface area contributed by atoms with Gasteiger partial charge < -0.3 is 44.7 Å². The second kappa shape index (κ2) is 12.6. The molecule has 9 atom stereocenters. The van der Waals surface area contributed by atoms with E-state index in [2.05, 4.69) is 32.6 Å². The van der Waals surface area contributed by atoms with Crippen molar-refractivity contribution in [1.82, 2.24) is 4.90 Å². The maximum atomic E-state index is 12.4. The van der Waals surface area contributed by atoms with E-state index < -0.39 is 36.4 Å². The van der Waals surface area contributed by atoms with Gasteiger partial charge in [-0.15, -0.1) is 0 Å². The topological polar surface area (TPSA) is 190 Å². The Labute approximate surface area is 260 Å².